The molecule has 2 rings (SSSR count). The normalized spacial score (nSPS) is 10.9. The van der Waals surface area contributed by atoms with Gasteiger partial charge in [0.2, 0.25) is 0 Å². The molecule has 3 nitrogen and oxygen atoms in total. The minimum absolute atomic E-state index is 0.0879. The van der Waals surface area contributed by atoms with E-state index in [9.17, 15) is 15.0 Å². The van der Waals surface area contributed by atoms with E-state index in [1.807, 2.05) is 32.0 Å². The highest BCUT2D eigenvalue weighted by atomic mass is 16.3. The summed E-state index contributed by atoms with van der Waals surface area (Å²) in [5.74, 6) is -0.468. The van der Waals surface area contributed by atoms with E-state index in [4.69, 9.17) is 0 Å². The number of hydrogen-bond acceptors (Lipinski definition) is 3. The van der Waals surface area contributed by atoms with Crippen LogP contribution >= 0.6 is 0 Å². The summed E-state index contributed by atoms with van der Waals surface area (Å²) in [5.41, 5.74) is 3.37. The molecule has 2 aromatic carbocycles. The maximum absolute atomic E-state index is 12.1. The minimum atomic E-state index is -0.203. The molecular weight excluding hydrogens is 252 g/mol. The second-order valence-electron chi connectivity index (χ2n) is 4.76. The number of hydrogen-bond donors (Lipinski definition) is 2. The zero-order chi connectivity index (χ0) is 14.7. The molecule has 0 aromatic heterocycles. The molecule has 0 spiro atoms. The van der Waals surface area contributed by atoms with Crippen LogP contribution in [0, 0.1) is 13.8 Å². The van der Waals surface area contributed by atoms with E-state index < -0.39 is 0 Å². The van der Waals surface area contributed by atoms with Crippen LogP contribution in [0.25, 0.3) is 6.08 Å². The Labute approximate surface area is 117 Å². The highest BCUT2D eigenvalue weighted by Gasteiger charge is 2.05. The van der Waals surface area contributed by atoms with E-state index in [-0.39, 0.29) is 17.3 Å². The van der Waals surface area contributed by atoms with Crippen LogP contribution in [0.15, 0.2) is 42.5 Å². The summed E-state index contributed by atoms with van der Waals surface area (Å²) < 4.78 is 0. The van der Waals surface area contributed by atoms with Crippen molar-refractivity contribution in [1.82, 2.24) is 0 Å². The molecule has 0 bridgehead atoms. The van der Waals surface area contributed by atoms with Crippen molar-refractivity contribution in [2.45, 2.75) is 13.8 Å². The third-order valence-electron chi connectivity index (χ3n) is 3.07. The molecule has 3 heteroatoms. The standard InChI is InChI=1S/C17H16O3/c1-11-3-6-14(12(2)9-11)15(18)7-4-13-5-8-16(19)17(20)10-13/h3-10,19-20H,1-2H3. The summed E-state index contributed by atoms with van der Waals surface area (Å²) in [7, 11) is 0. The Morgan fingerprint density at radius 1 is 1.00 bits per heavy atom. The van der Waals surface area contributed by atoms with E-state index >= 15 is 0 Å². The van der Waals surface area contributed by atoms with Crippen molar-refractivity contribution in [1.29, 1.82) is 0 Å². The van der Waals surface area contributed by atoms with Crippen LogP contribution in [0.3, 0.4) is 0 Å². The van der Waals surface area contributed by atoms with Gasteiger partial charge in [0.15, 0.2) is 17.3 Å². The van der Waals surface area contributed by atoms with Gasteiger partial charge in [0.05, 0.1) is 0 Å². The molecule has 0 unspecified atom stereocenters. The van der Waals surface area contributed by atoms with Crippen molar-refractivity contribution in [3.05, 3.63) is 64.7 Å². The Hall–Kier alpha value is -2.55. The largest absolute Gasteiger partial charge is 0.504 e. The third-order valence-corrected chi connectivity index (χ3v) is 3.07. The topological polar surface area (TPSA) is 57.5 Å². The monoisotopic (exact) mass is 268 g/mol. The zero-order valence-corrected chi connectivity index (χ0v) is 11.4. The minimum Gasteiger partial charge on any atom is -0.504 e. The summed E-state index contributed by atoms with van der Waals surface area (Å²) in [6, 6.07) is 10.1. The summed E-state index contributed by atoms with van der Waals surface area (Å²) in [6.45, 7) is 3.89. The molecule has 0 radical (unpaired) electrons. The lowest BCUT2D eigenvalue weighted by Crippen LogP contribution is -1.97. The Bertz CT molecular complexity index is 685. The van der Waals surface area contributed by atoms with Crippen molar-refractivity contribution >= 4 is 11.9 Å². The van der Waals surface area contributed by atoms with Gasteiger partial charge in [-0.15, -0.1) is 0 Å². The first kappa shape index (κ1) is 13.9. The van der Waals surface area contributed by atoms with Gasteiger partial charge in [0.25, 0.3) is 0 Å². The highest BCUT2D eigenvalue weighted by molar-refractivity contribution is 6.07. The SMILES string of the molecule is Cc1ccc(C(=O)C=Cc2ccc(O)c(O)c2)c(C)c1. The van der Waals surface area contributed by atoms with E-state index in [1.54, 1.807) is 12.1 Å². The number of aromatic hydroxyl groups is 2. The molecular formula is C17H16O3. The number of benzene rings is 2. The predicted molar refractivity (Wildman–Crippen MR) is 79.1 cm³/mol. The van der Waals surface area contributed by atoms with Gasteiger partial charge in [-0.05, 0) is 43.2 Å². The zero-order valence-electron chi connectivity index (χ0n) is 11.4. The van der Waals surface area contributed by atoms with Crippen LogP contribution in [0.2, 0.25) is 0 Å². The predicted octanol–water partition coefficient (Wildman–Crippen LogP) is 3.61. The lowest BCUT2D eigenvalue weighted by atomic mass is 10.0. The average molecular weight is 268 g/mol. The van der Waals surface area contributed by atoms with E-state index in [2.05, 4.69) is 0 Å². The van der Waals surface area contributed by atoms with Crippen molar-refractivity contribution < 1.29 is 15.0 Å². The molecule has 20 heavy (non-hydrogen) atoms. The first-order valence-corrected chi connectivity index (χ1v) is 6.29. The molecule has 102 valence electrons. The van der Waals surface area contributed by atoms with Crippen LogP contribution in [0.4, 0.5) is 0 Å². The smallest absolute Gasteiger partial charge is 0.186 e. The second kappa shape index (κ2) is 5.61. The molecule has 2 aromatic rings. The van der Waals surface area contributed by atoms with Gasteiger partial charge >= 0.3 is 0 Å². The molecule has 0 amide bonds. The van der Waals surface area contributed by atoms with Gasteiger partial charge in [0.1, 0.15) is 0 Å². The molecule has 0 aliphatic carbocycles. The number of phenols is 2. The maximum Gasteiger partial charge on any atom is 0.186 e. The Kier molecular flexibility index (Phi) is 3.89. The molecule has 0 heterocycles. The van der Waals surface area contributed by atoms with E-state index in [0.29, 0.717) is 11.1 Å². The van der Waals surface area contributed by atoms with Crippen LogP contribution in [-0.4, -0.2) is 16.0 Å². The molecule has 0 saturated heterocycles. The van der Waals surface area contributed by atoms with Gasteiger partial charge in [0, 0.05) is 5.56 Å². The van der Waals surface area contributed by atoms with Crippen molar-refractivity contribution in [2.75, 3.05) is 0 Å². The average Bonchev–Trinajstić information content (AvgIpc) is 2.40. The molecule has 0 aliphatic rings. The van der Waals surface area contributed by atoms with Crippen LogP contribution in [0.5, 0.6) is 11.5 Å². The number of allylic oxidation sites excluding steroid dienone is 1. The molecule has 0 aliphatic heterocycles. The van der Waals surface area contributed by atoms with Gasteiger partial charge in [-0.3, -0.25) is 4.79 Å². The fraction of sp³-hybridized carbons (Fsp3) is 0.118. The number of carbonyl (C=O) groups excluding carboxylic acids is 1. The van der Waals surface area contributed by atoms with Gasteiger partial charge in [-0.25, -0.2) is 0 Å². The van der Waals surface area contributed by atoms with Crippen LogP contribution < -0.4 is 0 Å². The summed E-state index contributed by atoms with van der Waals surface area (Å²) >= 11 is 0. The molecule has 0 fully saturated rings. The molecule has 0 atom stereocenters. The number of rotatable bonds is 3. The molecule has 0 saturated carbocycles. The number of aryl methyl sites for hydroxylation is 2. The third kappa shape index (κ3) is 3.06. The summed E-state index contributed by atoms with van der Waals surface area (Å²) in [5, 5.41) is 18.6. The van der Waals surface area contributed by atoms with Crippen molar-refractivity contribution in [2.24, 2.45) is 0 Å². The quantitative estimate of drug-likeness (QED) is 0.508. The van der Waals surface area contributed by atoms with Crippen molar-refractivity contribution in [3.63, 3.8) is 0 Å². The number of phenolic OH excluding ortho intramolecular Hbond substituents is 2. The second-order valence-corrected chi connectivity index (χ2v) is 4.76. The van der Waals surface area contributed by atoms with Crippen molar-refractivity contribution in [3.8, 4) is 11.5 Å². The van der Waals surface area contributed by atoms with E-state index in [0.717, 1.165) is 11.1 Å². The number of ketones is 1. The van der Waals surface area contributed by atoms with Crippen LogP contribution in [-0.2, 0) is 0 Å². The molecule has 2 N–H and O–H groups in total. The summed E-state index contributed by atoms with van der Waals surface area (Å²) in [4.78, 5) is 12.1. The summed E-state index contributed by atoms with van der Waals surface area (Å²) in [6.07, 6.45) is 3.07. The highest BCUT2D eigenvalue weighted by Crippen LogP contribution is 2.25. The Morgan fingerprint density at radius 3 is 2.40 bits per heavy atom. The number of carbonyl (C=O) groups is 1. The van der Waals surface area contributed by atoms with Crippen LogP contribution in [0.1, 0.15) is 27.0 Å². The Balaban J connectivity index is 2.22. The maximum atomic E-state index is 12.1. The van der Waals surface area contributed by atoms with Gasteiger partial charge in [-0.1, -0.05) is 35.9 Å². The van der Waals surface area contributed by atoms with E-state index in [1.165, 1.54) is 18.2 Å². The fourth-order valence-corrected chi connectivity index (χ4v) is 2.00. The van der Waals surface area contributed by atoms with Gasteiger partial charge < -0.3 is 10.2 Å². The first-order chi connectivity index (χ1) is 9.47. The Morgan fingerprint density at radius 2 is 1.75 bits per heavy atom. The lowest BCUT2D eigenvalue weighted by Gasteiger charge is -2.03. The lowest BCUT2D eigenvalue weighted by molar-refractivity contribution is 0.104. The fourth-order valence-electron chi connectivity index (χ4n) is 2.00. The van der Waals surface area contributed by atoms with Gasteiger partial charge in [-0.2, -0.15) is 0 Å². The first-order valence-electron chi connectivity index (χ1n) is 6.29.